The number of nitrogens with zero attached hydrogens (tertiary/aromatic N) is 2. The maximum atomic E-state index is 12.6. The number of hydrogen-bond donors (Lipinski definition) is 2. The molecule has 0 aromatic carbocycles. The van der Waals surface area contributed by atoms with Gasteiger partial charge in [0.25, 0.3) is 0 Å². The van der Waals surface area contributed by atoms with Gasteiger partial charge in [-0.1, -0.05) is 0 Å². The fourth-order valence-electron chi connectivity index (χ4n) is 3.34. The number of carboxylic acid groups (broad SMARTS) is 1. The normalized spacial score (nSPS) is 30.0. The van der Waals surface area contributed by atoms with Gasteiger partial charge < -0.3 is 20.6 Å². The van der Waals surface area contributed by atoms with Crippen LogP contribution in [0.4, 0.5) is 4.79 Å². The van der Waals surface area contributed by atoms with Crippen LogP contribution in [0.1, 0.15) is 32.6 Å². The number of amides is 3. The molecular weight excluding hydrogens is 274 g/mol. The van der Waals surface area contributed by atoms with Gasteiger partial charge in [0.1, 0.15) is 0 Å². The fourth-order valence-corrected chi connectivity index (χ4v) is 3.34. The van der Waals surface area contributed by atoms with Crippen molar-refractivity contribution in [1.82, 2.24) is 9.80 Å². The topological polar surface area (TPSA) is 104 Å². The van der Waals surface area contributed by atoms with Crippen molar-refractivity contribution in [2.24, 2.45) is 17.6 Å². The Kier molecular flexibility index (Phi) is 4.69. The second-order valence-corrected chi connectivity index (χ2v) is 6.06. The molecule has 2 aliphatic rings. The highest BCUT2D eigenvalue weighted by Gasteiger charge is 2.36. The average Bonchev–Trinajstić information content (AvgIpc) is 2.46. The molecular formula is C14H23N3O4. The van der Waals surface area contributed by atoms with Gasteiger partial charge in [0.05, 0.1) is 11.8 Å². The van der Waals surface area contributed by atoms with Gasteiger partial charge in [0.2, 0.25) is 5.91 Å². The molecule has 21 heavy (non-hydrogen) atoms. The number of hydrogen-bond acceptors (Lipinski definition) is 3. The Morgan fingerprint density at radius 2 is 1.86 bits per heavy atom. The number of piperidine rings is 2. The number of carbonyl (C=O) groups is 3. The first-order chi connectivity index (χ1) is 9.90. The Morgan fingerprint density at radius 3 is 2.43 bits per heavy atom. The van der Waals surface area contributed by atoms with Gasteiger partial charge in [-0.05, 0) is 32.6 Å². The minimum atomic E-state index is -0.786. The van der Waals surface area contributed by atoms with Crippen LogP contribution in [0.25, 0.3) is 0 Å². The van der Waals surface area contributed by atoms with E-state index in [4.69, 9.17) is 10.8 Å². The second-order valence-electron chi connectivity index (χ2n) is 6.06. The zero-order valence-electron chi connectivity index (χ0n) is 12.3. The van der Waals surface area contributed by atoms with Crippen molar-refractivity contribution in [3.05, 3.63) is 0 Å². The van der Waals surface area contributed by atoms with Crippen molar-refractivity contribution in [3.8, 4) is 0 Å². The summed E-state index contributed by atoms with van der Waals surface area (Å²) in [5, 5.41) is 9.06. The third-order valence-electron chi connectivity index (χ3n) is 4.59. The van der Waals surface area contributed by atoms with Crippen LogP contribution in [0.5, 0.6) is 0 Å². The van der Waals surface area contributed by atoms with Crippen LogP contribution in [-0.4, -0.2) is 58.5 Å². The summed E-state index contributed by atoms with van der Waals surface area (Å²) in [5.41, 5.74) is 5.28. The van der Waals surface area contributed by atoms with Gasteiger partial charge in [-0.25, -0.2) is 4.79 Å². The number of carbonyl (C=O) groups excluding carboxylic acids is 2. The SMILES string of the molecule is CC1CC(C(=O)O)CCN1C(=O)C1CCCN(C(N)=O)C1. The Hall–Kier alpha value is -1.79. The molecule has 3 amide bonds. The van der Waals surface area contributed by atoms with Gasteiger partial charge in [-0.15, -0.1) is 0 Å². The van der Waals surface area contributed by atoms with Crippen LogP contribution >= 0.6 is 0 Å². The largest absolute Gasteiger partial charge is 0.481 e. The minimum absolute atomic E-state index is 0.0253. The number of likely N-dealkylation sites (tertiary alicyclic amines) is 2. The Balaban J connectivity index is 1.97. The number of rotatable bonds is 2. The summed E-state index contributed by atoms with van der Waals surface area (Å²) in [4.78, 5) is 38.2. The van der Waals surface area contributed by atoms with E-state index in [0.717, 1.165) is 12.8 Å². The van der Waals surface area contributed by atoms with Crippen molar-refractivity contribution in [3.63, 3.8) is 0 Å². The maximum absolute atomic E-state index is 12.6. The molecule has 2 aliphatic heterocycles. The van der Waals surface area contributed by atoms with Crippen molar-refractivity contribution in [2.75, 3.05) is 19.6 Å². The van der Waals surface area contributed by atoms with Gasteiger partial charge >= 0.3 is 12.0 Å². The lowest BCUT2D eigenvalue weighted by Gasteiger charge is -2.40. The van der Waals surface area contributed by atoms with E-state index in [0.29, 0.717) is 32.5 Å². The van der Waals surface area contributed by atoms with Crippen molar-refractivity contribution < 1.29 is 19.5 Å². The lowest BCUT2D eigenvalue weighted by Crippen LogP contribution is -2.52. The van der Waals surface area contributed by atoms with Crippen LogP contribution in [0.3, 0.4) is 0 Å². The van der Waals surface area contributed by atoms with Crippen LogP contribution in [0.15, 0.2) is 0 Å². The Bertz CT molecular complexity index is 440. The molecule has 2 fully saturated rings. The second kappa shape index (κ2) is 6.32. The summed E-state index contributed by atoms with van der Waals surface area (Å²) in [5.74, 6) is -1.34. The van der Waals surface area contributed by atoms with Gasteiger partial charge in [-0.3, -0.25) is 9.59 Å². The maximum Gasteiger partial charge on any atom is 0.314 e. The zero-order valence-corrected chi connectivity index (χ0v) is 12.3. The smallest absolute Gasteiger partial charge is 0.314 e. The Morgan fingerprint density at radius 1 is 1.14 bits per heavy atom. The summed E-state index contributed by atoms with van der Waals surface area (Å²) < 4.78 is 0. The van der Waals surface area contributed by atoms with E-state index in [1.54, 1.807) is 4.90 Å². The van der Waals surface area contributed by atoms with Crippen molar-refractivity contribution >= 4 is 17.9 Å². The van der Waals surface area contributed by atoms with Gasteiger partial charge in [-0.2, -0.15) is 0 Å². The van der Waals surface area contributed by atoms with Gasteiger partial charge in [0.15, 0.2) is 0 Å². The molecule has 0 bridgehead atoms. The number of urea groups is 1. The summed E-state index contributed by atoms with van der Waals surface area (Å²) in [6.07, 6.45) is 2.53. The molecule has 0 aliphatic carbocycles. The van der Waals surface area contributed by atoms with Crippen LogP contribution in [-0.2, 0) is 9.59 Å². The molecule has 0 aromatic heterocycles. The predicted octanol–water partition coefficient (Wildman–Crippen LogP) is 0.489. The molecule has 0 saturated carbocycles. The highest BCUT2D eigenvalue weighted by atomic mass is 16.4. The summed E-state index contributed by atoms with van der Waals surface area (Å²) in [6, 6.07) is -0.554. The molecule has 3 unspecified atom stereocenters. The number of carboxylic acids is 1. The Labute approximate surface area is 124 Å². The molecule has 7 heteroatoms. The third kappa shape index (κ3) is 3.46. The van der Waals surface area contributed by atoms with E-state index in [1.165, 1.54) is 4.90 Å². The summed E-state index contributed by atoms with van der Waals surface area (Å²) in [7, 11) is 0. The molecule has 2 heterocycles. The van der Waals surface area contributed by atoms with Crippen LogP contribution in [0, 0.1) is 11.8 Å². The third-order valence-corrected chi connectivity index (χ3v) is 4.59. The highest BCUT2D eigenvalue weighted by molar-refractivity contribution is 5.81. The lowest BCUT2D eigenvalue weighted by atomic mass is 9.89. The molecule has 0 aromatic rings. The van der Waals surface area contributed by atoms with Crippen molar-refractivity contribution in [1.29, 1.82) is 0 Å². The lowest BCUT2D eigenvalue weighted by molar-refractivity contribution is -0.149. The van der Waals surface area contributed by atoms with E-state index in [1.807, 2.05) is 6.92 Å². The number of nitrogens with two attached hydrogens (primary N) is 1. The van der Waals surface area contributed by atoms with E-state index in [-0.39, 0.29) is 23.8 Å². The van der Waals surface area contributed by atoms with E-state index < -0.39 is 12.0 Å². The number of primary amides is 1. The molecule has 3 atom stereocenters. The summed E-state index contributed by atoms with van der Waals surface area (Å²) >= 11 is 0. The first-order valence-electron chi connectivity index (χ1n) is 7.47. The molecule has 0 radical (unpaired) electrons. The van der Waals surface area contributed by atoms with Gasteiger partial charge in [0, 0.05) is 25.7 Å². The first kappa shape index (κ1) is 15.6. The van der Waals surface area contributed by atoms with Crippen LogP contribution in [0.2, 0.25) is 0 Å². The monoisotopic (exact) mass is 297 g/mol. The van der Waals surface area contributed by atoms with E-state index in [2.05, 4.69) is 0 Å². The fraction of sp³-hybridized carbons (Fsp3) is 0.786. The molecule has 118 valence electrons. The van der Waals surface area contributed by atoms with E-state index >= 15 is 0 Å². The highest BCUT2D eigenvalue weighted by Crippen LogP contribution is 2.27. The molecule has 2 saturated heterocycles. The molecule has 7 nitrogen and oxygen atoms in total. The first-order valence-corrected chi connectivity index (χ1v) is 7.47. The van der Waals surface area contributed by atoms with Crippen LogP contribution < -0.4 is 5.73 Å². The summed E-state index contributed by atoms with van der Waals surface area (Å²) in [6.45, 7) is 3.35. The van der Waals surface area contributed by atoms with Crippen molar-refractivity contribution in [2.45, 2.75) is 38.6 Å². The quantitative estimate of drug-likeness (QED) is 0.774. The molecule has 0 spiro atoms. The number of aliphatic carboxylic acids is 1. The van der Waals surface area contributed by atoms with E-state index in [9.17, 15) is 14.4 Å². The standard InChI is InChI=1S/C14H23N3O4/c1-9-7-10(13(19)20)4-6-17(9)12(18)11-3-2-5-16(8-11)14(15)21/h9-11H,2-8H2,1H3,(H2,15,21)(H,19,20). The molecule has 2 rings (SSSR count). The molecule has 3 N–H and O–H groups in total. The zero-order chi connectivity index (χ0) is 15.6. The predicted molar refractivity (Wildman–Crippen MR) is 75.4 cm³/mol. The minimum Gasteiger partial charge on any atom is -0.481 e. The average molecular weight is 297 g/mol.